The standard InChI is InChI=1S/C16H33NO2/c1-4-5-6-7-8-9-10-11-12-13-14-17-15(18)16(2,3)19/h19H,4-14H2,1-3H3,(H,17,18). The van der Waals surface area contributed by atoms with E-state index < -0.39 is 5.60 Å². The fraction of sp³-hybridized carbons (Fsp3) is 0.938. The molecule has 19 heavy (non-hydrogen) atoms. The predicted molar refractivity (Wildman–Crippen MR) is 81.2 cm³/mol. The highest BCUT2D eigenvalue weighted by Crippen LogP contribution is 2.10. The second-order valence-corrected chi connectivity index (χ2v) is 6.00. The predicted octanol–water partition coefficient (Wildman–Crippen LogP) is 3.79. The van der Waals surface area contributed by atoms with E-state index in [4.69, 9.17) is 0 Å². The third kappa shape index (κ3) is 12.2. The minimum absolute atomic E-state index is 0.275. The number of hydrogen-bond acceptors (Lipinski definition) is 2. The monoisotopic (exact) mass is 271 g/mol. The fourth-order valence-electron chi connectivity index (χ4n) is 2.03. The molecule has 3 nitrogen and oxygen atoms in total. The van der Waals surface area contributed by atoms with Crippen LogP contribution in [0, 0.1) is 0 Å². The van der Waals surface area contributed by atoms with Gasteiger partial charge in [-0.1, -0.05) is 64.7 Å². The van der Waals surface area contributed by atoms with Crippen LogP contribution < -0.4 is 5.32 Å². The molecule has 0 rings (SSSR count). The Morgan fingerprint density at radius 1 is 0.895 bits per heavy atom. The summed E-state index contributed by atoms with van der Waals surface area (Å²) < 4.78 is 0. The van der Waals surface area contributed by atoms with Gasteiger partial charge in [-0.05, 0) is 20.3 Å². The molecule has 0 radical (unpaired) electrons. The topological polar surface area (TPSA) is 49.3 Å². The van der Waals surface area contributed by atoms with Crippen LogP contribution in [-0.4, -0.2) is 23.2 Å². The highest BCUT2D eigenvalue weighted by molar-refractivity contribution is 5.83. The quantitative estimate of drug-likeness (QED) is 0.530. The highest BCUT2D eigenvalue weighted by Gasteiger charge is 2.22. The first-order valence-corrected chi connectivity index (χ1v) is 7.99. The van der Waals surface area contributed by atoms with Gasteiger partial charge in [-0.3, -0.25) is 4.79 Å². The van der Waals surface area contributed by atoms with E-state index in [0.717, 1.165) is 6.42 Å². The Hall–Kier alpha value is -0.570. The van der Waals surface area contributed by atoms with Crippen molar-refractivity contribution in [3.8, 4) is 0 Å². The zero-order chi connectivity index (χ0) is 14.6. The summed E-state index contributed by atoms with van der Waals surface area (Å²) in [6.45, 7) is 5.96. The molecule has 0 aliphatic carbocycles. The molecule has 0 spiro atoms. The molecule has 0 unspecified atom stereocenters. The molecule has 0 heterocycles. The van der Waals surface area contributed by atoms with E-state index in [0.29, 0.717) is 6.54 Å². The molecule has 114 valence electrons. The summed E-state index contributed by atoms with van der Waals surface area (Å²) in [4.78, 5) is 11.4. The van der Waals surface area contributed by atoms with Gasteiger partial charge in [-0.15, -0.1) is 0 Å². The van der Waals surface area contributed by atoms with Gasteiger partial charge in [0.2, 0.25) is 0 Å². The largest absolute Gasteiger partial charge is 0.381 e. The van der Waals surface area contributed by atoms with Crippen LogP contribution in [0.25, 0.3) is 0 Å². The van der Waals surface area contributed by atoms with E-state index in [9.17, 15) is 9.90 Å². The van der Waals surface area contributed by atoms with Crippen LogP contribution in [0.4, 0.5) is 0 Å². The summed E-state index contributed by atoms with van der Waals surface area (Å²) in [5.74, 6) is -0.275. The van der Waals surface area contributed by atoms with Crippen LogP contribution in [0.15, 0.2) is 0 Å². The molecule has 0 atom stereocenters. The van der Waals surface area contributed by atoms with Crippen molar-refractivity contribution in [2.45, 2.75) is 90.6 Å². The van der Waals surface area contributed by atoms with E-state index in [1.165, 1.54) is 71.6 Å². The molecular formula is C16H33NO2. The van der Waals surface area contributed by atoms with Crippen LogP contribution in [0.2, 0.25) is 0 Å². The number of carbonyl (C=O) groups is 1. The Balaban J connectivity index is 3.17. The molecule has 0 fully saturated rings. The van der Waals surface area contributed by atoms with Gasteiger partial charge in [-0.25, -0.2) is 0 Å². The second kappa shape index (κ2) is 11.3. The molecule has 0 aromatic rings. The van der Waals surface area contributed by atoms with E-state index in [1.54, 1.807) is 0 Å². The molecule has 0 aromatic heterocycles. The number of aliphatic hydroxyl groups is 1. The summed E-state index contributed by atoms with van der Waals surface area (Å²) in [6.07, 6.45) is 12.9. The van der Waals surface area contributed by atoms with E-state index in [1.807, 2.05) is 0 Å². The average molecular weight is 271 g/mol. The van der Waals surface area contributed by atoms with Crippen molar-refractivity contribution in [2.24, 2.45) is 0 Å². The number of nitrogens with one attached hydrogen (secondary N) is 1. The smallest absolute Gasteiger partial charge is 0.251 e. The summed E-state index contributed by atoms with van der Waals surface area (Å²) >= 11 is 0. The molecule has 0 aliphatic heterocycles. The van der Waals surface area contributed by atoms with Gasteiger partial charge < -0.3 is 10.4 Å². The second-order valence-electron chi connectivity index (χ2n) is 6.00. The first kappa shape index (κ1) is 18.4. The minimum Gasteiger partial charge on any atom is -0.381 e. The normalized spacial score (nSPS) is 11.6. The van der Waals surface area contributed by atoms with Gasteiger partial charge in [0.1, 0.15) is 5.60 Å². The lowest BCUT2D eigenvalue weighted by Crippen LogP contribution is -2.42. The van der Waals surface area contributed by atoms with Crippen LogP contribution in [-0.2, 0) is 4.79 Å². The molecule has 0 bridgehead atoms. The summed E-state index contributed by atoms with van der Waals surface area (Å²) in [7, 11) is 0. The number of rotatable bonds is 12. The van der Waals surface area contributed by atoms with Crippen molar-refractivity contribution in [1.82, 2.24) is 5.32 Å². The van der Waals surface area contributed by atoms with Crippen LogP contribution in [0.5, 0.6) is 0 Å². The SMILES string of the molecule is CCCCCCCCCCCCNC(=O)C(C)(C)O. The number of amides is 1. The Kier molecular flexibility index (Phi) is 10.9. The number of hydrogen-bond donors (Lipinski definition) is 2. The lowest BCUT2D eigenvalue weighted by atomic mass is 10.1. The van der Waals surface area contributed by atoms with Crippen LogP contribution in [0.3, 0.4) is 0 Å². The molecular weight excluding hydrogens is 238 g/mol. The molecule has 0 saturated heterocycles. The maximum Gasteiger partial charge on any atom is 0.251 e. The molecule has 0 aliphatic rings. The summed E-state index contributed by atoms with van der Waals surface area (Å²) in [6, 6.07) is 0. The third-order valence-electron chi connectivity index (χ3n) is 3.37. The average Bonchev–Trinajstić information content (AvgIpc) is 2.34. The van der Waals surface area contributed by atoms with E-state index in [-0.39, 0.29) is 5.91 Å². The van der Waals surface area contributed by atoms with Crippen molar-refractivity contribution < 1.29 is 9.90 Å². The van der Waals surface area contributed by atoms with Crippen molar-refractivity contribution >= 4 is 5.91 Å². The number of carbonyl (C=O) groups excluding carboxylic acids is 1. The van der Waals surface area contributed by atoms with Crippen molar-refractivity contribution in [3.05, 3.63) is 0 Å². The zero-order valence-electron chi connectivity index (χ0n) is 13.1. The lowest BCUT2D eigenvalue weighted by Gasteiger charge is -2.16. The van der Waals surface area contributed by atoms with Gasteiger partial charge in [0.05, 0.1) is 0 Å². The summed E-state index contributed by atoms with van der Waals surface area (Å²) in [5, 5.41) is 12.2. The molecule has 2 N–H and O–H groups in total. The lowest BCUT2D eigenvalue weighted by molar-refractivity contribution is -0.136. The Bertz CT molecular complexity index is 221. The van der Waals surface area contributed by atoms with Gasteiger partial charge in [0.25, 0.3) is 5.91 Å². The Morgan fingerprint density at radius 3 is 1.74 bits per heavy atom. The van der Waals surface area contributed by atoms with Gasteiger partial charge in [-0.2, -0.15) is 0 Å². The number of unbranched alkanes of at least 4 members (excludes halogenated alkanes) is 9. The first-order valence-electron chi connectivity index (χ1n) is 7.99. The van der Waals surface area contributed by atoms with E-state index in [2.05, 4.69) is 12.2 Å². The zero-order valence-corrected chi connectivity index (χ0v) is 13.1. The van der Waals surface area contributed by atoms with Crippen molar-refractivity contribution in [2.75, 3.05) is 6.54 Å². The molecule has 1 amide bonds. The first-order chi connectivity index (χ1) is 8.98. The van der Waals surface area contributed by atoms with Crippen molar-refractivity contribution in [1.29, 1.82) is 0 Å². The molecule has 3 heteroatoms. The summed E-state index contributed by atoms with van der Waals surface area (Å²) in [5.41, 5.74) is -1.25. The van der Waals surface area contributed by atoms with Crippen LogP contribution in [0.1, 0.15) is 85.0 Å². The van der Waals surface area contributed by atoms with Gasteiger partial charge in [0.15, 0.2) is 0 Å². The third-order valence-corrected chi connectivity index (χ3v) is 3.37. The van der Waals surface area contributed by atoms with E-state index >= 15 is 0 Å². The van der Waals surface area contributed by atoms with Gasteiger partial charge >= 0.3 is 0 Å². The van der Waals surface area contributed by atoms with Crippen molar-refractivity contribution in [3.63, 3.8) is 0 Å². The molecule has 0 aromatic carbocycles. The minimum atomic E-state index is -1.25. The Labute approximate surface area is 119 Å². The fourth-order valence-corrected chi connectivity index (χ4v) is 2.03. The van der Waals surface area contributed by atoms with Gasteiger partial charge in [0, 0.05) is 6.54 Å². The maximum absolute atomic E-state index is 11.4. The highest BCUT2D eigenvalue weighted by atomic mass is 16.3. The maximum atomic E-state index is 11.4. The molecule has 0 saturated carbocycles. The Morgan fingerprint density at radius 2 is 1.32 bits per heavy atom. The van der Waals surface area contributed by atoms with Crippen LogP contribution >= 0.6 is 0 Å².